The summed E-state index contributed by atoms with van der Waals surface area (Å²) in [6.45, 7) is 3.29. The number of thiocarbonyl (C=S) groups is 1. The van der Waals surface area contributed by atoms with Crippen molar-refractivity contribution in [3.63, 3.8) is 0 Å². The number of carbonyl (C=O) groups is 4. The van der Waals surface area contributed by atoms with Crippen LogP contribution in [0.2, 0.25) is 0 Å². The van der Waals surface area contributed by atoms with Crippen molar-refractivity contribution >= 4 is 92.3 Å². The molecular formula is C24H24N10O7S3. The minimum absolute atomic E-state index is 0.00377. The number of thiazole rings is 1. The number of nitrogens with zero attached hydrogens (tertiary/aromatic N) is 7. The quantitative estimate of drug-likeness (QED) is 0.0604. The van der Waals surface area contributed by atoms with Crippen molar-refractivity contribution in [1.29, 1.82) is 0 Å². The SMILES string of the molecule is CC[C@@H](O/N=C(\C(=O)NC1(C=S)C(=O)N2C(C(=O)[O-])=C(c3nc(N)c(C)c4n(C)cn[n+]34)CS[C@H]21)c1csc(N)n1)C(=O)O. The Labute approximate surface area is 261 Å². The van der Waals surface area contributed by atoms with Gasteiger partial charge < -0.3 is 36.6 Å². The van der Waals surface area contributed by atoms with Gasteiger partial charge in [0.05, 0.1) is 29.9 Å². The van der Waals surface area contributed by atoms with Crippen molar-refractivity contribution in [2.24, 2.45) is 12.2 Å². The minimum Gasteiger partial charge on any atom is -0.543 e. The molecule has 0 aromatic carbocycles. The first-order valence-corrected chi connectivity index (χ1v) is 15.1. The number of thioether (sulfide) groups is 1. The lowest BCUT2D eigenvalue weighted by Crippen LogP contribution is -2.81. The Morgan fingerprint density at radius 2 is 2.14 bits per heavy atom. The number of β-lactam (4-membered cyclic amide) rings is 1. The zero-order valence-electron chi connectivity index (χ0n) is 23.2. The summed E-state index contributed by atoms with van der Waals surface area (Å²) in [6, 6.07) is 0. The monoisotopic (exact) mass is 660 g/mol. The molecular weight excluding hydrogens is 637 g/mol. The fourth-order valence-corrected chi connectivity index (χ4v) is 7.13. The summed E-state index contributed by atoms with van der Waals surface area (Å²) in [6.07, 6.45) is 0.170. The van der Waals surface area contributed by atoms with Crippen LogP contribution in [0.1, 0.15) is 30.4 Å². The molecule has 2 amide bonds. The molecule has 1 unspecified atom stereocenters. The summed E-state index contributed by atoms with van der Waals surface area (Å²) < 4.78 is 3.11. The van der Waals surface area contributed by atoms with Crippen molar-refractivity contribution in [3.8, 4) is 0 Å². The molecule has 5 heterocycles. The van der Waals surface area contributed by atoms with Crippen molar-refractivity contribution in [1.82, 2.24) is 29.9 Å². The molecule has 230 valence electrons. The molecule has 2 aliphatic heterocycles. The van der Waals surface area contributed by atoms with Crippen LogP contribution >= 0.6 is 35.3 Å². The van der Waals surface area contributed by atoms with E-state index in [0.29, 0.717) is 11.2 Å². The first kappa shape index (κ1) is 30.8. The first-order valence-electron chi connectivity index (χ1n) is 12.7. The van der Waals surface area contributed by atoms with Gasteiger partial charge in [0.25, 0.3) is 23.3 Å². The lowest BCUT2D eigenvalue weighted by molar-refractivity contribution is -0.584. The third-order valence-corrected chi connectivity index (χ3v) is 9.40. The number of nitrogens with one attached hydrogen (secondary N) is 1. The number of hydrogen-bond acceptors (Lipinski definition) is 15. The van der Waals surface area contributed by atoms with E-state index in [1.807, 2.05) is 0 Å². The summed E-state index contributed by atoms with van der Waals surface area (Å²) in [4.78, 5) is 65.7. The first-order chi connectivity index (χ1) is 20.9. The average molecular weight is 661 g/mol. The third kappa shape index (κ3) is 4.79. The molecule has 2 aliphatic rings. The van der Waals surface area contributed by atoms with E-state index in [1.165, 1.54) is 16.2 Å². The van der Waals surface area contributed by atoms with Gasteiger partial charge >= 0.3 is 5.97 Å². The van der Waals surface area contributed by atoms with Gasteiger partial charge in [-0.1, -0.05) is 38.9 Å². The van der Waals surface area contributed by atoms with E-state index < -0.39 is 52.2 Å². The topological polar surface area (TPSA) is 248 Å². The number of anilines is 2. The van der Waals surface area contributed by atoms with Gasteiger partial charge in [0.15, 0.2) is 22.7 Å². The van der Waals surface area contributed by atoms with E-state index in [1.54, 1.807) is 25.5 Å². The summed E-state index contributed by atoms with van der Waals surface area (Å²) in [5, 5.41) is 33.9. The number of oxime groups is 1. The molecule has 1 fully saturated rings. The number of amides is 2. The van der Waals surface area contributed by atoms with Crippen LogP contribution in [0.4, 0.5) is 10.9 Å². The van der Waals surface area contributed by atoms with Gasteiger partial charge in [-0.25, -0.2) is 14.3 Å². The van der Waals surface area contributed by atoms with Crippen LogP contribution in [-0.4, -0.2) is 87.2 Å². The highest BCUT2D eigenvalue weighted by Crippen LogP contribution is 2.47. The molecule has 5 rings (SSSR count). The number of carbonyl (C=O) groups excluding carboxylic acids is 3. The molecule has 3 aromatic heterocycles. The van der Waals surface area contributed by atoms with E-state index in [0.717, 1.165) is 33.4 Å². The molecule has 0 aliphatic carbocycles. The maximum Gasteiger partial charge on any atom is 0.347 e. The molecule has 0 spiro atoms. The van der Waals surface area contributed by atoms with Crippen LogP contribution in [-0.2, 0) is 31.1 Å². The molecule has 3 aromatic rings. The molecule has 0 radical (unpaired) electrons. The van der Waals surface area contributed by atoms with Crippen LogP contribution in [0.25, 0.3) is 11.2 Å². The Hall–Kier alpha value is -4.69. The van der Waals surface area contributed by atoms with Crippen LogP contribution in [0.3, 0.4) is 0 Å². The number of nitrogen functional groups attached to an aromatic ring is 2. The second-order valence-electron chi connectivity index (χ2n) is 9.67. The fraction of sp³-hybridized carbons (Fsp3) is 0.333. The second-order valence-corrected chi connectivity index (χ2v) is 11.9. The zero-order chi connectivity index (χ0) is 32.1. The second kappa shape index (κ2) is 11.4. The standard InChI is InChI=1S/C24H24N10O7S3/c1-4-12(19(36)37)41-31-13(11-6-44-23(26)28-11)17(35)30-24(7-42)21(40)33-14(20(38)39)10(5-43-22(24)33)16-29-15(25)9(2)18-32(3)8-27-34(16)18/h6-8,12,22,25H,4-5H2,1-3H3,(H5,26,28,30,35,36,37,38,39)/b31-13-/t12-,22+,24?/m1/s1. The van der Waals surface area contributed by atoms with Gasteiger partial charge in [-0.3, -0.25) is 14.5 Å². The Morgan fingerprint density at radius 1 is 1.41 bits per heavy atom. The number of carboxylic acid groups (broad SMARTS) is 2. The lowest BCUT2D eigenvalue weighted by atomic mass is 9.87. The Kier molecular flexibility index (Phi) is 7.99. The highest BCUT2D eigenvalue weighted by atomic mass is 32.2. The van der Waals surface area contributed by atoms with Crippen molar-refractivity contribution in [2.45, 2.75) is 37.3 Å². The highest BCUT2D eigenvalue weighted by Gasteiger charge is 2.64. The van der Waals surface area contributed by atoms with Crippen molar-refractivity contribution in [2.75, 3.05) is 17.2 Å². The van der Waals surface area contributed by atoms with Crippen molar-refractivity contribution in [3.05, 3.63) is 34.5 Å². The summed E-state index contributed by atoms with van der Waals surface area (Å²) in [5.74, 6) is -4.60. The number of aliphatic carboxylic acids is 2. The zero-order valence-corrected chi connectivity index (χ0v) is 25.7. The van der Waals surface area contributed by atoms with E-state index in [9.17, 15) is 29.4 Å². The number of nitrogens with two attached hydrogens (primary N) is 2. The number of rotatable bonds is 10. The lowest BCUT2D eigenvalue weighted by Gasteiger charge is -2.56. The average Bonchev–Trinajstić information content (AvgIpc) is 3.59. The van der Waals surface area contributed by atoms with Gasteiger partial charge in [-0.2, -0.15) is 0 Å². The van der Waals surface area contributed by atoms with Gasteiger partial charge in [-0.05, 0) is 13.3 Å². The van der Waals surface area contributed by atoms with Crippen LogP contribution < -0.4 is 26.4 Å². The maximum absolute atomic E-state index is 13.8. The Balaban J connectivity index is 1.53. The number of hydrogen-bond donors (Lipinski definition) is 4. The van der Waals surface area contributed by atoms with Crippen LogP contribution in [0.5, 0.6) is 0 Å². The summed E-state index contributed by atoms with van der Waals surface area (Å²) in [5.41, 5.74) is 10.3. The van der Waals surface area contributed by atoms with E-state index in [2.05, 4.69) is 25.5 Å². The maximum atomic E-state index is 13.8. The van der Waals surface area contributed by atoms with Gasteiger partial charge in [0, 0.05) is 16.5 Å². The molecule has 6 N–H and O–H groups in total. The molecule has 0 bridgehead atoms. The summed E-state index contributed by atoms with van der Waals surface area (Å²) in [7, 11) is 1.74. The summed E-state index contributed by atoms with van der Waals surface area (Å²) >= 11 is 7.28. The Morgan fingerprint density at radius 3 is 2.73 bits per heavy atom. The van der Waals surface area contributed by atoms with E-state index in [4.69, 9.17) is 28.5 Å². The smallest absolute Gasteiger partial charge is 0.347 e. The number of carboxylic acids is 2. The third-order valence-electron chi connectivity index (χ3n) is 7.00. The highest BCUT2D eigenvalue weighted by molar-refractivity contribution is 8.00. The van der Waals surface area contributed by atoms with Crippen LogP contribution in [0.15, 0.2) is 22.6 Å². The van der Waals surface area contributed by atoms with Gasteiger partial charge in [-0.15, -0.1) is 23.1 Å². The molecule has 0 saturated carbocycles. The molecule has 17 nitrogen and oxygen atoms in total. The molecule has 1 saturated heterocycles. The van der Waals surface area contributed by atoms with E-state index in [-0.39, 0.29) is 40.2 Å². The van der Waals surface area contributed by atoms with Gasteiger partial charge in [0.2, 0.25) is 11.9 Å². The number of fused-ring (bicyclic) bond motifs is 2. The normalized spacial score (nSPS) is 20.6. The largest absolute Gasteiger partial charge is 0.543 e. The minimum atomic E-state index is -1.87. The number of aromatic nitrogens is 5. The molecule has 20 heteroatoms. The predicted octanol–water partition coefficient (Wildman–Crippen LogP) is -2.00. The predicted molar refractivity (Wildman–Crippen MR) is 159 cm³/mol. The van der Waals surface area contributed by atoms with E-state index >= 15 is 0 Å². The van der Waals surface area contributed by atoms with Crippen molar-refractivity contribution < 1.29 is 38.7 Å². The van der Waals surface area contributed by atoms with Crippen LogP contribution in [0, 0.1) is 6.92 Å². The Bertz CT molecular complexity index is 1820. The van der Waals surface area contributed by atoms with Gasteiger partial charge in [0.1, 0.15) is 11.1 Å². The fourth-order valence-electron chi connectivity index (χ4n) is 4.78. The number of aryl methyl sites for hydroxylation is 2. The molecule has 44 heavy (non-hydrogen) atoms. The molecule has 3 atom stereocenters.